The largest absolute Gasteiger partial charge is 0.292 e. The van der Waals surface area contributed by atoms with Gasteiger partial charge in [-0.05, 0) is 104 Å². The molecule has 2 heteroatoms. The molecule has 1 aromatic heterocycles. The number of fused-ring (bicyclic) bond motifs is 5. The molecule has 0 spiro atoms. The highest BCUT2D eigenvalue weighted by molar-refractivity contribution is 6.24. The molecule has 0 bridgehead atoms. The first-order valence-electron chi connectivity index (χ1n) is 14.4. The Labute approximate surface area is 238 Å². The summed E-state index contributed by atoms with van der Waals surface area (Å²) in [6.45, 7) is 0. The molecular weight excluding hydrogens is 496 g/mol. The Morgan fingerprint density at radius 1 is 0.537 bits per heavy atom. The maximum atomic E-state index is 5.07. The standard InChI is InChI=1S/C39H26N2/c1-2-9-29(10-3-1)41-37-16-7-6-15-36(37)40-39(41)28-20-18-25-23-27(19-17-26(25)24-28)30-21-22-35-32-12-5-4-11-31(32)34-14-8-13-33(30)38(34)35/h1-3,6-24H,4-5H2. The summed E-state index contributed by atoms with van der Waals surface area (Å²) in [5.41, 5.74) is 12.5. The van der Waals surface area contributed by atoms with Crippen molar-refractivity contribution in [3.8, 4) is 28.2 Å². The summed E-state index contributed by atoms with van der Waals surface area (Å²) in [5, 5.41) is 5.18. The van der Waals surface area contributed by atoms with E-state index < -0.39 is 0 Å². The second kappa shape index (κ2) is 8.64. The van der Waals surface area contributed by atoms with Gasteiger partial charge in [0.15, 0.2) is 0 Å². The van der Waals surface area contributed by atoms with E-state index in [1.807, 2.05) is 0 Å². The normalized spacial score (nSPS) is 14.0. The van der Waals surface area contributed by atoms with Crippen LogP contribution in [0.25, 0.3) is 71.9 Å². The zero-order valence-corrected chi connectivity index (χ0v) is 22.5. The van der Waals surface area contributed by atoms with Crippen LogP contribution in [0.5, 0.6) is 0 Å². The molecule has 2 aliphatic carbocycles. The molecule has 192 valence electrons. The summed E-state index contributed by atoms with van der Waals surface area (Å²) < 4.78 is 2.26. The minimum atomic E-state index is 0.959. The predicted molar refractivity (Wildman–Crippen MR) is 172 cm³/mol. The minimum Gasteiger partial charge on any atom is -0.292 e. The summed E-state index contributed by atoms with van der Waals surface area (Å²) in [6.07, 6.45) is 7.10. The third kappa shape index (κ3) is 3.34. The molecule has 0 amide bonds. The van der Waals surface area contributed by atoms with Gasteiger partial charge in [-0.3, -0.25) is 4.57 Å². The minimum absolute atomic E-state index is 0.959. The number of para-hydroxylation sites is 3. The molecule has 0 saturated carbocycles. The number of hydrogen-bond donors (Lipinski definition) is 0. The highest BCUT2D eigenvalue weighted by Crippen LogP contribution is 2.49. The van der Waals surface area contributed by atoms with E-state index in [1.165, 1.54) is 54.9 Å². The third-order valence-corrected chi connectivity index (χ3v) is 8.76. The van der Waals surface area contributed by atoms with E-state index in [0.29, 0.717) is 0 Å². The fourth-order valence-electron chi connectivity index (χ4n) is 6.90. The van der Waals surface area contributed by atoms with Crippen LogP contribution in [0, 0.1) is 0 Å². The Kier molecular flexibility index (Phi) is 4.76. The molecule has 2 aliphatic rings. The maximum absolute atomic E-state index is 5.07. The average molecular weight is 523 g/mol. The van der Waals surface area contributed by atoms with Crippen molar-refractivity contribution in [2.45, 2.75) is 12.8 Å². The first kappa shape index (κ1) is 22.6. The molecule has 9 rings (SSSR count). The lowest BCUT2D eigenvalue weighted by molar-refractivity contribution is 1.05. The lowest BCUT2D eigenvalue weighted by Gasteiger charge is -2.12. The number of hydrogen-bond acceptors (Lipinski definition) is 1. The molecule has 0 fully saturated rings. The van der Waals surface area contributed by atoms with Crippen LogP contribution < -0.4 is 0 Å². The molecule has 0 atom stereocenters. The number of allylic oxidation sites excluding steroid dienone is 4. The van der Waals surface area contributed by atoms with Crippen molar-refractivity contribution in [2.75, 3.05) is 0 Å². The van der Waals surface area contributed by atoms with E-state index in [9.17, 15) is 0 Å². The number of rotatable bonds is 3. The number of benzene rings is 6. The van der Waals surface area contributed by atoms with Gasteiger partial charge in [0.2, 0.25) is 0 Å². The van der Waals surface area contributed by atoms with Gasteiger partial charge in [0, 0.05) is 11.3 Å². The van der Waals surface area contributed by atoms with Gasteiger partial charge >= 0.3 is 0 Å². The smallest absolute Gasteiger partial charge is 0.145 e. The van der Waals surface area contributed by atoms with Crippen molar-refractivity contribution < 1.29 is 0 Å². The zero-order chi connectivity index (χ0) is 26.9. The van der Waals surface area contributed by atoms with Crippen molar-refractivity contribution in [2.24, 2.45) is 0 Å². The second-order valence-corrected chi connectivity index (χ2v) is 11.1. The Hall–Kier alpha value is -5.21. The van der Waals surface area contributed by atoms with Gasteiger partial charge < -0.3 is 0 Å². The predicted octanol–water partition coefficient (Wildman–Crippen LogP) is 10.2. The molecule has 0 unspecified atom stereocenters. The first-order chi connectivity index (χ1) is 20.3. The fraction of sp³-hybridized carbons (Fsp3) is 0.0513. The lowest BCUT2D eigenvalue weighted by Crippen LogP contribution is -1.97. The van der Waals surface area contributed by atoms with Crippen LogP contribution in [-0.4, -0.2) is 9.55 Å². The highest BCUT2D eigenvalue weighted by Gasteiger charge is 2.26. The van der Waals surface area contributed by atoms with Gasteiger partial charge in [-0.25, -0.2) is 4.98 Å². The van der Waals surface area contributed by atoms with Gasteiger partial charge in [0.05, 0.1) is 11.0 Å². The Balaban J connectivity index is 1.18. The van der Waals surface area contributed by atoms with Crippen LogP contribution in [0.4, 0.5) is 0 Å². The molecule has 41 heavy (non-hydrogen) atoms. The van der Waals surface area contributed by atoms with E-state index in [0.717, 1.165) is 41.0 Å². The molecule has 1 heterocycles. The van der Waals surface area contributed by atoms with Crippen molar-refractivity contribution in [1.82, 2.24) is 9.55 Å². The Morgan fingerprint density at radius 3 is 2.05 bits per heavy atom. The van der Waals surface area contributed by atoms with E-state index >= 15 is 0 Å². The monoisotopic (exact) mass is 522 g/mol. The summed E-state index contributed by atoms with van der Waals surface area (Å²) in [4.78, 5) is 5.07. The lowest BCUT2D eigenvalue weighted by atomic mass is 9.93. The number of nitrogens with zero attached hydrogens (tertiary/aromatic N) is 2. The van der Waals surface area contributed by atoms with E-state index in [1.54, 1.807) is 0 Å². The van der Waals surface area contributed by atoms with Gasteiger partial charge in [0.1, 0.15) is 5.82 Å². The molecule has 0 saturated heterocycles. The second-order valence-electron chi connectivity index (χ2n) is 11.1. The topological polar surface area (TPSA) is 17.8 Å². The van der Waals surface area contributed by atoms with Crippen molar-refractivity contribution in [1.29, 1.82) is 0 Å². The van der Waals surface area contributed by atoms with Crippen LogP contribution in [-0.2, 0) is 0 Å². The SMILES string of the molecule is C1=C2C(=CCC1)c1ccc(-c3ccc4cc(-c5nc6ccccc6n5-c5ccccc5)ccc4c3)c3cccc2c13. The quantitative estimate of drug-likeness (QED) is 0.226. The first-order valence-corrected chi connectivity index (χ1v) is 14.4. The van der Waals surface area contributed by atoms with E-state index in [4.69, 9.17) is 4.98 Å². The highest BCUT2D eigenvalue weighted by atomic mass is 15.1. The molecule has 2 nitrogen and oxygen atoms in total. The zero-order valence-electron chi connectivity index (χ0n) is 22.5. The van der Waals surface area contributed by atoms with Gasteiger partial charge in [-0.2, -0.15) is 0 Å². The third-order valence-electron chi connectivity index (χ3n) is 8.76. The molecular formula is C39H26N2. The van der Waals surface area contributed by atoms with Crippen LogP contribution >= 0.6 is 0 Å². The average Bonchev–Trinajstić information content (AvgIpc) is 3.59. The molecule has 7 aromatic rings. The summed E-state index contributed by atoms with van der Waals surface area (Å²) in [7, 11) is 0. The van der Waals surface area contributed by atoms with Crippen LogP contribution in [0.2, 0.25) is 0 Å². The van der Waals surface area contributed by atoms with Crippen LogP contribution in [0.3, 0.4) is 0 Å². The molecule has 6 aromatic carbocycles. The molecule has 0 radical (unpaired) electrons. The Bertz CT molecular complexity index is 2220. The van der Waals surface area contributed by atoms with Crippen molar-refractivity contribution in [3.05, 3.63) is 145 Å². The maximum Gasteiger partial charge on any atom is 0.145 e. The van der Waals surface area contributed by atoms with Crippen LogP contribution in [0.1, 0.15) is 24.0 Å². The number of imidazole rings is 1. The van der Waals surface area contributed by atoms with Gasteiger partial charge in [-0.15, -0.1) is 0 Å². The summed E-state index contributed by atoms with van der Waals surface area (Å²) in [5.74, 6) is 0.959. The van der Waals surface area contributed by atoms with Gasteiger partial charge in [-0.1, -0.05) is 97.1 Å². The Morgan fingerprint density at radius 2 is 1.22 bits per heavy atom. The summed E-state index contributed by atoms with van der Waals surface area (Å²) >= 11 is 0. The molecule has 0 aliphatic heterocycles. The van der Waals surface area contributed by atoms with E-state index in [-0.39, 0.29) is 0 Å². The van der Waals surface area contributed by atoms with E-state index in [2.05, 4.69) is 138 Å². The number of aromatic nitrogens is 2. The van der Waals surface area contributed by atoms with Crippen molar-refractivity contribution >= 4 is 43.7 Å². The molecule has 0 N–H and O–H groups in total. The van der Waals surface area contributed by atoms with Crippen LogP contribution in [0.15, 0.2) is 133 Å². The van der Waals surface area contributed by atoms with Crippen molar-refractivity contribution in [3.63, 3.8) is 0 Å². The fourth-order valence-corrected chi connectivity index (χ4v) is 6.90. The van der Waals surface area contributed by atoms with Gasteiger partial charge in [0.25, 0.3) is 0 Å². The summed E-state index contributed by atoms with van der Waals surface area (Å²) in [6, 6.07) is 43.9.